The van der Waals surface area contributed by atoms with Crippen molar-refractivity contribution >= 4 is 39.7 Å². The zero-order chi connectivity index (χ0) is 17.8. The molecule has 9 heteroatoms. The van der Waals surface area contributed by atoms with Crippen LogP contribution in [0, 0.1) is 11.3 Å². The van der Waals surface area contributed by atoms with Crippen LogP contribution < -0.4 is 5.32 Å². The molecule has 1 N–H and O–H groups in total. The van der Waals surface area contributed by atoms with Crippen LogP contribution in [0.15, 0.2) is 0 Å². The van der Waals surface area contributed by atoms with Gasteiger partial charge in [0.05, 0.1) is 11.3 Å². The maximum Gasteiger partial charge on any atom is 0.352 e. The number of ether oxygens (including phenoxy) is 1. The van der Waals surface area contributed by atoms with Crippen LogP contribution in [0.4, 0.5) is 5.00 Å². The van der Waals surface area contributed by atoms with Gasteiger partial charge in [-0.3, -0.25) is 4.79 Å². The summed E-state index contributed by atoms with van der Waals surface area (Å²) in [7, 11) is 0. The summed E-state index contributed by atoms with van der Waals surface area (Å²) >= 11 is 2.39. The Labute approximate surface area is 152 Å². The lowest BCUT2D eigenvalue weighted by Crippen LogP contribution is -2.21. The Hall–Kier alpha value is -2.31. The predicted molar refractivity (Wildman–Crippen MR) is 93.9 cm³/mol. The molecule has 1 aliphatic carbocycles. The third kappa shape index (κ3) is 3.70. The number of anilines is 1. The Balaban J connectivity index is 1.63. The summed E-state index contributed by atoms with van der Waals surface area (Å²) in [5, 5.41) is 16.5. The number of fused-ring (bicyclic) bond motifs is 1. The summed E-state index contributed by atoms with van der Waals surface area (Å²) in [4.78, 5) is 25.6. The number of carbonyl (C=O) groups excluding carboxylic acids is 2. The van der Waals surface area contributed by atoms with Gasteiger partial charge < -0.3 is 10.1 Å². The van der Waals surface area contributed by atoms with Crippen LogP contribution in [-0.2, 0) is 28.8 Å². The number of thiophene rings is 1. The van der Waals surface area contributed by atoms with Crippen LogP contribution in [0.5, 0.6) is 0 Å². The van der Waals surface area contributed by atoms with E-state index in [0.29, 0.717) is 27.6 Å². The van der Waals surface area contributed by atoms with Gasteiger partial charge in [-0.2, -0.15) is 5.26 Å². The van der Waals surface area contributed by atoms with Crippen molar-refractivity contribution in [3.05, 3.63) is 26.6 Å². The number of hydrogen-bond donors (Lipinski definition) is 1. The average molecular weight is 376 g/mol. The van der Waals surface area contributed by atoms with E-state index in [1.807, 2.05) is 6.92 Å². The van der Waals surface area contributed by atoms with Gasteiger partial charge in [0.1, 0.15) is 11.1 Å². The number of nitrogens with zero attached hydrogens (tertiary/aromatic N) is 3. The Morgan fingerprint density at radius 3 is 2.92 bits per heavy atom. The second-order valence-electron chi connectivity index (χ2n) is 5.55. The topological polar surface area (TPSA) is 105 Å². The molecule has 7 nitrogen and oxygen atoms in total. The molecule has 0 saturated heterocycles. The molecule has 2 aromatic rings. The Morgan fingerprint density at radius 1 is 1.36 bits per heavy atom. The molecule has 0 aliphatic heterocycles. The van der Waals surface area contributed by atoms with E-state index in [4.69, 9.17) is 4.74 Å². The van der Waals surface area contributed by atoms with Crippen LogP contribution in [0.3, 0.4) is 0 Å². The van der Waals surface area contributed by atoms with Gasteiger partial charge in [0.25, 0.3) is 5.91 Å². The zero-order valence-electron chi connectivity index (χ0n) is 13.6. The highest BCUT2D eigenvalue weighted by atomic mass is 32.1. The number of nitrogens with one attached hydrogen (secondary N) is 1. The van der Waals surface area contributed by atoms with Crippen LogP contribution >= 0.6 is 22.9 Å². The van der Waals surface area contributed by atoms with E-state index in [9.17, 15) is 14.9 Å². The SMILES string of the molecule is CCc1nnsc1C(=O)OCC(=O)Nc1sc2c(c1C#N)CCCC2. The molecule has 0 aromatic carbocycles. The van der Waals surface area contributed by atoms with Crippen molar-refractivity contribution in [1.29, 1.82) is 5.26 Å². The van der Waals surface area contributed by atoms with Gasteiger partial charge >= 0.3 is 5.97 Å². The predicted octanol–water partition coefficient (Wildman–Crippen LogP) is 2.71. The van der Waals surface area contributed by atoms with E-state index in [-0.39, 0.29) is 0 Å². The largest absolute Gasteiger partial charge is 0.451 e. The van der Waals surface area contributed by atoms with Crippen LogP contribution in [0.1, 0.15) is 51.1 Å². The average Bonchev–Trinajstić information content (AvgIpc) is 3.23. The van der Waals surface area contributed by atoms with Gasteiger partial charge in [0, 0.05) is 4.88 Å². The lowest BCUT2D eigenvalue weighted by atomic mass is 9.96. The monoisotopic (exact) mass is 376 g/mol. The minimum Gasteiger partial charge on any atom is -0.451 e. The first kappa shape index (κ1) is 17.5. The Morgan fingerprint density at radius 2 is 2.16 bits per heavy atom. The lowest BCUT2D eigenvalue weighted by molar-refractivity contribution is -0.119. The van der Waals surface area contributed by atoms with Crippen LogP contribution in [0.2, 0.25) is 0 Å². The molecule has 0 atom stereocenters. The standard InChI is InChI=1S/C16H16N4O3S2/c1-2-11-14(25-20-19-11)16(22)23-8-13(21)18-15-10(7-17)9-5-3-4-6-12(9)24-15/h2-6,8H2,1H3,(H,18,21). The van der Waals surface area contributed by atoms with Crippen molar-refractivity contribution in [3.63, 3.8) is 0 Å². The third-order valence-electron chi connectivity index (χ3n) is 3.95. The molecule has 0 fully saturated rings. The summed E-state index contributed by atoms with van der Waals surface area (Å²) in [6.45, 7) is 1.45. The van der Waals surface area contributed by atoms with Crippen molar-refractivity contribution in [2.24, 2.45) is 0 Å². The third-order valence-corrected chi connectivity index (χ3v) is 5.90. The van der Waals surface area contributed by atoms with Crippen molar-refractivity contribution in [3.8, 4) is 6.07 Å². The molecule has 0 unspecified atom stereocenters. The number of esters is 1. The maximum atomic E-state index is 12.1. The number of carbonyl (C=O) groups is 2. The zero-order valence-corrected chi connectivity index (χ0v) is 15.3. The smallest absolute Gasteiger partial charge is 0.352 e. The lowest BCUT2D eigenvalue weighted by Gasteiger charge is -2.09. The number of rotatable bonds is 5. The number of aryl methyl sites for hydroxylation is 2. The van der Waals surface area contributed by atoms with Crippen molar-refractivity contribution in [2.75, 3.05) is 11.9 Å². The van der Waals surface area contributed by atoms with Gasteiger partial charge in [0.15, 0.2) is 11.5 Å². The van der Waals surface area contributed by atoms with E-state index in [1.165, 1.54) is 16.2 Å². The molecule has 2 heterocycles. The first-order valence-corrected chi connectivity index (χ1v) is 9.55. The number of nitriles is 1. The molecule has 0 bridgehead atoms. The highest BCUT2D eigenvalue weighted by molar-refractivity contribution is 7.16. The summed E-state index contributed by atoms with van der Waals surface area (Å²) < 4.78 is 8.76. The Kier molecular flexibility index (Phi) is 5.40. The highest BCUT2D eigenvalue weighted by Crippen LogP contribution is 2.37. The van der Waals surface area contributed by atoms with E-state index < -0.39 is 18.5 Å². The normalized spacial score (nSPS) is 13.0. The fourth-order valence-electron chi connectivity index (χ4n) is 2.73. The molecule has 0 saturated carbocycles. The van der Waals surface area contributed by atoms with Crippen LogP contribution in [0.25, 0.3) is 0 Å². The maximum absolute atomic E-state index is 12.1. The summed E-state index contributed by atoms with van der Waals surface area (Å²) in [6, 6.07) is 2.18. The minimum atomic E-state index is -0.604. The fraction of sp³-hybridized carbons (Fsp3) is 0.438. The van der Waals surface area contributed by atoms with Crippen LogP contribution in [-0.4, -0.2) is 28.1 Å². The molecule has 25 heavy (non-hydrogen) atoms. The van der Waals surface area contributed by atoms with E-state index in [0.717, 1.165) is 42.8 Å². The summed E-state index contributed by atoms with van der Waals surface area (Å²) in [5.74, 6) is -1.06. The summed E-state index contributed by atoms with van der Waals surface area (Å²) in [5.41, 5.74) is 2.15. The molecule has 1 aliphatic rings. The van der Waals surface area contributed by atoms with Gasteiger partial charge in [-0.1, -0.05) is 11.4 Å². The molecule has 3 rings (SSSR count). The summed E-state index contributed by atoms with van der Waals surface area (Å²) in [6.07, 6.45) is 4.55. The minimum absolute atomic E-state index is 0.319. The van der Waals surface area contributed by atoms with Gasteiger partial charge in [-0.15, -0.1) is 16.4 Å². The molecule has 0 radical (unpaired) electrons. The van der Waals surface area contributed by atoms with E-state index in [2.05, 4.69) is 21.0 Å². The van der Waals surface area contributed by atoms with Crippen molar-refractivity contribution < 1.29 is 14.3 Å². The fourth-order valence-corrected chi connectivity index (χ4v) is 4.63. The van der Waals surface area contributed by atoms with Crippen molar-refractivity contribution in [2.45, 2.75) is 39.0 Å². The van der Waals surface area contributed by atoms with Gasteiger partial charge in [-0.05, 0) is 49.2 Å². The molecule has 2 aromatic heterocycles. The second kappa shape index (κ2) is 7.72. The number of aromatic nitrogens is 2. The molecular formula is C16H16N4O3S2. The molecule has 0 spiro atoms. The van der Waals surface area contributed by atoms with Gasteiger partial charge in [0.2, 0.25) is 0 Å². The van der Waals surface area contributed by atoms with Crippen molar-refractivity contribution in [1.82, 2.24) is 9.59 Å². The molecular weight excluding hydrogens is 360 g/mol. The molecule has 1 amide bonds. The Bertz CT molecular complexity index is 850. The first-order chi connectivity index (χ1) is 12.1. The number of amides is 1. The number of hydrogen-bond acceptors (Lipinski definition) is 8. The van der Waals surface area contributed by atoms with E-state index in [1.54, 1.807) is 0 Å². The van der Waals surface area contributed by atoms with E-state index >= 15 is 0 Å². The first-order valence-electron chi connectivity index (χ1n) is 7.96. The highest BCUT2D eigenvalue weighted by Gasteiger charge is 2.23. The molecule has 130 valence electrons. The second-order valence-corrected chi connectivity index (χ2v) is 7.41. The quantitative estimate of drug-likeness (QED) is 0.805. The van der Waals surface area contributed by atoms with Gasteiger partial charge in [-0.25, -0.2) is 4.79 Å².